The summed E-state index contributed by atoms with van der Waals surface area (Å²) in [6, 6.07) is 5.28. The molecule has 0 N–H and O–H groups in total. The summed E-state index contributed by atoms with van der Waals surface area (Å²) in [7, 11) is 0. The summed E-state index contributed by atoms with van der Waals surface area (Å²) >= 11 is 9.21. The Labute approximate surface area is 96.6 Å². The van der Waals surface area contributed by atoms with Crippen molar-refractivity contribution in [2.75, 3.05) is 0 Å². The van der Waals surface area contributed by atoms with Crippen LogP contribution in [-0.2, 0) is 0 Å². The molecule has 0 amide bonds. The largest absolute Gasteiger partial charge is 0.293 e. The van der Waals surface area contributed by atoms with Crippen molar-refractivity contribution in [1.82, 2.24) is 0 Å². The Morgan fingerprint density at radius 1 is 1.57 bits per heavy atom. The molecule has 0 radical (unpaired) electrons. The molecule has 14 heavy (non-hydrogen) atoms. The van der Waals surface area contributed by atoms with E-state index in [1.54, 1.807) is 25.1 Å². The highest BCUT2D eigenvalue weighted by molar-refractivity contribution is 9.10. The zero-order chi connectivity index (χ0) is 10.6. The van der Waals surface area contributed by atoms with Crippen LogP contribution in [0.2, 0.25) is 5.02 Å². The first-order chi connectivity index (χ1) is 6.66. The number of carbonyl (C=O) groups excluding carboxylic acids is 1. The van der Waals surface area contributed by atoms with Crippen LogP contribution in [0, 0.1) is 11.8 Å². The van der Waals surface area contributed by atoms with E-state index < -0.39 is 0 Å². The van der Waals surface area contributed by atoms with Gasteiger partial charge in [0, 0.05) is 10.0 Å². The van der Waals surface area contributed by atoms with Crippen molar-refractivity contribution in [1.29, 1.82) is 0 Å². The second-order valence-electron chi connectivity index (χ2n) is 2.63. The number of hydrogen-bond acceptors (Lipinski definition) is 1. The van der Waals surface area contributed by atoms with Crippen LogP contribution in [0.3, 0.4) is 0 Å². The maximum absolute atomic E-state index is 11.6. The second kappa shape index (κ2) is 5.19. The van der Waals surface area contributed by atoms with Gasteiger partial charge < -0.3 is 0 Å². The summed E-state index contributed by atoms with van der Waals surface area (Å²) in [5.74, 6) is 5.35. The van der Waals surface area contributed by atoms with E-state index in [-0.39, 0.29) is 12.2 Å². The lowest BCUT2D eigenvalue weighted by molar-refractivity contribution is 0.0998. The molecule has 1 nitrogen and oxygen atoms in total. The van der Waals surface area contributed by atoms with Gasteiger partial charge in [0.15, 0.2) is 5.78 Å². The third-order valence-corrected chi connectivity index (χ3v) is 2.97. The lowest BCUT2D eigenvalue weighted by Crippen LogP contribution is -1.98. The average molecular weight is 272 g/mol. The Hall–Kier alpha value is -0.780. The van der Waals surface area contributed by atoms with Gasteiger partial charge >= 0.3 is 0 Å². The number of Topliss-reactive ketones (excluding diaryl/α,β-unsaturated/α-hetero) is 1. The number of ketones is 1. The maximum atomic E-state index is 11.6. The molecule has 0 aliphatic rings. The van der Waals surface area contributed by atoms with Crippen LogP contribution < -0.4 is 0 Å². The molecule has 3 heteroatoms. The molecule has 0 unspecified atom stereocenters. The fourth-order valence-corrected chi connectivity index (χ4v) is 1.58. The minimum Gasteiger partial charge on any atom is -0.293 e. The molecule has 1 rings (SSSR count). The summed E-state index contributed by atoms with van der Waals surface area (Å²) in [6.45, 7) is 1.70. The van der Waals surface area contributed by atoms with Crippen molar-refractivity contribution in [2.24, 2.45) is 0 Å². The van der Waals surface area contributed by atoms with Crippen molar-refractivity contribution < 1.29 is 4.79 Å². The molecule has 0 aliphatic carbocycles. The van der Waals surface area contributed by atoms with Gasteiger partial charge in [0.2, 0.25) is 0 Å². The number of benzene rings is 1. The number of halogens is 2. The van der Waals surface area contributed by atoms with Crippen LogP contribution in [0.5, 0.6) is 0 Å². The zero-order valence-electron chi connectivity index (χ0n) is 7.60. The average Bonchev–Trinajstić information content (AvgIpc) is 2.18. The van der Waals surface area contributed by atoms with Crippen molar-refractivity contribution in [3.8, 4) is 11.8 Å². The fourth-order valence-electron chi connectivity index (χ4n) is 0.983. The number of hydrogen-bond donors (Lipinski definition) is 0. The summed E-state index contributed by atoms with van der Waals surface area (Å²) in [5, 5.41) is 0.454. The molecule has 0 saturated heterocycles. The lowest BCUT2D eigenvalue weighted by Gasteiger charge is -2.01. The van der Waals surface area contributed by atoms with Crippen LogP contribution in [0.4, 0.5) is 0 Å². The number of rotatable bonds is 2. The van der Waals surface area contributed by atoms with Crippen LogP contribution in [0.15, 0.2) is 22.7 Å². The van der Waals surface area contributed by atoms with Gasteiger partial charge in [0.25, 0.3) is 0 Å². The summed E-state index contributed by atoms with van der Waals surface area (Å²) in [5.41, 5.74) is 0.517. The first-order valence-corrected chi connectivity index (χ1v) is 5.20. The molecule has 0 fully saturated rings. The van der Waals surface area contributed by atoms with Gasteiger partial charge in [-0.25, -0.2) is 0 Å². The van der Waals surface area contributed by atoms with E-state index in [9.17, 15) is 4.79 Å². The zero-order valence-corrected chi connectivity index (χ0v) is 9.95. The molecule has 0 atom stereocenters. The molecule has 0 saturated carbocycles. The predicted octanol–water partition coefficient (Wildman–Crippen LogP) is 3.70. The maximum Gasteiger partial charge on any atom is 0.176 e. The molecular weight excluding hydrogens is 263 g/mol. The van der Waals surface area contributed by atoms with E-state index >= 15 is 0 Å². The molecule has 0 aromatic heterocycles. The molecule has 0 heterocycles. The molecule has 72 valence electrons. The van der Waals surface area contributed by atoms with Gasteiger partial charge in [-0.05, 0) is 35.0 Å². The van der Waals surface area contributed by atoms with Gasteiger partial charge in [-0.2, -0.15) is 0 Å². The van der Waals surface area contributed by atoms with Crippen molar-refractivity contribution in [3.63, 3.8) is 0 Å². The van der Waals surface area contributed by atoms with E-state index in [0.29, 0.717) is 10.6 Å². The Bertz CT molecular complexity index is 415. The predicted molar refractivity (Wildman–Crippen MR) is 61.5 cm³/mol. The standard InChI is InChI=1S/C11H8BrClO/c1-2-3-7-10(14)8-5-4-6-9(12)11(8)13/h4-6H,7H2,1H3. The minimum atomic E-state index is -0.0503. The van der Waals surface area contributed by atoms with Crippen LogP contribution in [0.1, 0.15) is 23.7 Å². The lowest BCUT2D eigenvalue weighted by atomic mass is 10.1. The van der Waals surface area contributed by atoms with Crippen LogP contribution in [-0.4, -0.2) is 5.78 Å². The highest BCUT2D eigenvalue weighted by atomic mass is 79.9. The molecule has 0 aliphatic heterocycles. The Morgan fingerprint density at radius 3 is 2.93 bits per heavy atom. The quantitative estimate of drug-likeness (QED) is 0.592. The van der Waals surface area contributed by atoms with Crippen molar-refractivity contribution in [3.05, 3.63) is 33.3 Å². The van der Waals surface area contributed by atoms with E-state index in [2.05, 4.69) is 27.8 Å². The van der Waals surface area contributed by atoms with E-state index in [0.717, 1.165) is 4.47 Å². The van der Waals surface area contributed by atoms with E-state index in [4.69, 9.17) is 11.6 Å². The molecule has 0 spiro atoms. The summed E-state index contributed by atoms with van der Waals surface area (Å²) in [6.07, 6.45) is 0.215. The van der Waals surface area contributed by atoms with E-state index in [1.165, 1.54) is 0 Å². The van der Waals surface area contributed by atoms with Gasteiger partial charge in [0.05, 0.1) is 11.4 Å². The Morgan fingerprint density at radius 2 is 2.29 bits per heavy atom. The summed E-state index contributed by atoms with van der Waals surface area (Å²) in [4.78, 5) is 11.6. The highest BCUT2D eigenvalue weighted by Crippen LogP contribution is 2.26. The van der Waals surface area contributed by atoms with Crippen molar-refractivity contribution >= 4 is 33.3 Å². The van der Waals surface area contributed by atoms with Gasteiger partial charge in [-0.15, -0.1) is 5.92 Å². The van der Waals surface area contributed by atoms with Crippen LogP contribution >= 0.6 is 27.5 Å². The molecular formula is C11H8BrClO. The first-order valence-electron chi connectivity index (χ1n) is 4.03. The highest BCUT2D eigenvalue weighted by Gasteiger charge is 2.10. The molecule has 1 aromatic carbocycles. The Balaban J connectivity index is 2.99. The van der Waals surface area contributed by atoms with Gasteiger partial charge in [0.1, 0.15) is 0 Å². The molecule has 0 bridgehead atoms. The topological polar surface area (TPSA) is 17.1 Å². The smallest absolute Gasteiger partial charge is 0.176 e. The Kier molecular flexibility index (Phi) is 4.19. The number of carbonyl (C=O) groups is 1. The van der Waals surface area contributed by atoms with E-state index in [1.807, 2.05) is 0 Å². The van der Waals surface area contributed by atoms with Gasteiger partial charge in [-0.1, -0.05) is 23.6 Å². The first kappa shape index (κ1) is 11.3. The normalized spacial score (nSPS) is 9.07. The van der Waals surface area contributed by atoms with Crippen LogP contribution in [0.25, 0.3) is 0 Å². The van der Waals surface area contributed by atoms with Crippen molar-refractivity contribution in [2.45, 2.75) is 13.3 Å². The van der Waals surface area contributed by atoms with Gasteiger partial charge in [-0.3, -0.25) is 4.79 Å². The fraction of sp³-hybridized carbons (Fsp3) is 0.182. The minimum absolute atomic E-state index is 0.0503. The second-order valence-corrected chi connectivity index (χ2v) is 3.86. The summed E-state index contributed by atoms with van der Waals surface area (Å²) < 4.78 is 0.731. The molecule has 1 aromatic rings. The third kappa shape index (κ3) is 2.60. The monoisotopic (exact) mass is 270 g/mol. The SMILES string of the molecule is CC#CCC(=O)c1cccc(Br)c1Cl. The third-order valence-electron chi connectivity index (χ3n) is 1.68.